The standard InChI is InChI=1S/C25H31N7O2/c1-5-23(33)29-22-10-9-16(12-27-22)17-11-19-21(30-31-24(19)28-13-17)14-26-20-8-6-7-18(15(20)2)25(34)32(3)4/h6-12,17,24,26,28,31H,5,13-14H2,1-4H3,(H,27,29,33). The minimum Gasteiger partial charge on any atom is -0.379 e. The quantitative estimate of drug-likeness (QED) is 0.504. The molecule has 2 aromatic rings. The lowest BCUT2D eigenvalue weighted by molar-refractivity contribution is -0.115. The van der Waals surface area contributed by atoms with Crippen molar-refractivity contribution in [2.24, 2.45) is 5.10 Å². The van der Waals surface area contributed by atoms with Crippen molar-refractivity contribution >= 4 is 29.0 Å². The summed E-state index contributed by atoms with van der Waals surface area (Å²) in [6.45, 7) is 5.05. The molecule has 1 aromatic heterocycles. The van der Waals surface area contributed by atoms with E-state index in [-0.39, 0.29) is 23.9 Å². The van der Waals surface area contributed by atoms with Crippen molar-refractivity contribution in [1.82, 2.24) is 20.6 Å². The SMILES string of the molecule is CCC(=O)Nc1ccc(C2C=C3C(CNc4cccc(C(=O)N(C)C)c4C)=NNC3NC2)cn1. The number of pyridine rings is 1. The van der Waals surface area contributed by atoms with E-state index in [1.54, 1.807) is 19.0 Å². The van der Waals surface area contributed by atoms with Gasteiger partial charge in [-0.15, -0.1) is 0 Å². The summed E-state index contributed by atoms with van der Waals surface area (Å²) in [7, 11) is 3.51. The Morgan fingerprint density at radius 2 is 2.03 bits per heavy atom. The van der Waals surface area contributed by atoms with Crippen molar-refractivity contribution in [2.45, 2.75) is 32.4 Å². The largest absolute Gasteiger partial charge is 0.379 e. The summed E-state index contributed by atoms with van der Waals surface area (Å²) < 4.78 is 0. The van der Waals surface area contributed by atoms with Crippen molar-refractivity contribution in [3.05, 3.63) is 64.9 Å². The van der Waals surface area contributed by atoms with Crippen LogP contribution in [-0.2, 0) is 4.79 Å². The van der Waals surface area contributed by atoms with Gasteiger partial charge in [0.2, 0.25) is 5.91 Å². The number of hydrogen-bond acceptors (Lipinski definition) is 7. The summed E-state index contributed by atoms with van der Waals surface area (Å²) in [5.41, 5.74) is 8.76. The zero-order valence-corrected chi connectivity index (χ0v) is 20.0. The van der Waals surface area contributed by atoms with Crippen LogP contribution in [0.3, 0.4) is 0 Å². The lowest BCUT2D eigenvalue weighted by Gasteiger charge is -2.26. The fourth-order valence-corrected chi connectivity index (χ4v) is 4.08. The Morgan fingerprint density at radius 3 is 2.74 bits per heavy atom. The van der Waals surface area contributed by atoms with Crippen LogP contribution in [0, 0.1) is 6.92 Å². The zero-order valence-electron chi connectivity index (χ0n) is 20.0. The van der Waals surface area contributed by atoms with Crippen LogP contribution in [0.25, 0.3) is 0 Å². The van der Waals surface area contributed by atoms with E-state index in [1.165, 1.54) is 0 Å². The summed E-state index contributed by atoms with van der Waals surface area (Å²) in [5.74, 6) is 0.630. The molecule has 178 valence electrons. The Labute approximate surface area is 199 Å². The Kier molecular flexibility index (Phi) is 6.93. The van der Waals surface area contributed by atoms with Gasteiger partial charge in [-0.25, -0.2) is 4.98 Å². The van der Waals surface area contributed by atoms with Crippen LogP contribution < -0.4 is 21.4 Å². The van der Waals surface area contributed by atoms with Gasteiger partial charge in [-0.2, -0.15) is 5.10 Å². The number of nitrogens with zero attached hydrogens (tertiary/aromatic N) is 3. The highest BCUT2D eigenvalue weighted by Crippen LogP contribution is 2.27. The first-order chi connectivity index (χ1) is 16.4. The van der Waals surface area contributed by atoms with E-state index in [4.69, 9.17) is 0 Å². The molecule has 1 aromatic carbocycles. The number of hydrazone groups is 1. The number of carbonyl (C=O) groups is 2. The van der Waals surface area contributed by atoms with Crippen LogP contribution in [0.1, 0.15) is 40.7 Å². The second-order valence-electron chi connectivity index (χ2n) is 8.67. The Hall–Kier alpha value is -3.72. The van der Waals surface area contributed by atoms with Crippen molar-refractivity contribution in [3.63, 3.8) is 0 Å². The van der Waals surface area contributed by atoms with Crippen LogP contribution in [0.4, 0.5) is 11.5 Å². The van der Waals surface area contributed by atoms with E-state index in [0.717, 1.165) is 34.6 Å². The highest BCUT2D eigenvalue weighted by Gasteiger charge is 2.30. The molecule has 0 fully saturated rings. The Bertz CT molecular complexity index is 1140. The van der Waals surface area contributed by atoms with Gasteiger partial charge in [0, 0.05) is 56.0 Å². The molecule has 0 saturated heterocycles. The molecule has 0 saturated carbocycles. The minimum absolute atomic E-state index is 0.0167. The van der Waals surface area contributed by atoms with Crippen LogP contribution in [0.5, 0.6) is 0 Å². The molecule has 2 aliphatic heterocycles. The van der Waals surface area contributed by atoms with E-state index < -0.39 is 0 Å². The lowest BCUT2D eigenvalue weighted by atomic mass is 9.92. The second kappa shape index (κ2) is 10.0. The van der Waals surface area contributed by atoms with Gasteiger partial charge in [0.05, 0.1) is 12.3 Å². The fraction of sp³-hybridized carbons (Fsp3) is 0.360. The van der Waals surface area contributed by atoms with E-state index in [9.17, 15) is 9.59 Å². The van der Waals surface area contributed by atoms with Gasteiger partial charge in [0.1, 0.15) is 12.0 Å². The number of rotatable bonds is 7. The number of benzene rings is 1. The van der Waals surface area contributed by atoms with Crippen LogP contribution in [-0.4, -0.2) is 60.8 Å². The predicted octanol–water partition coefficient (Wildman–Crippen LogP) is 2.45. The van der Waals surface area contributed by atoms with Crippen molar-refractivity contribution in [2.75, 3.05) is 37.8 Å². The molecule has 0 spiro atoms. The van der Waals surface area contributed by atoms with Gasteiger partial charge in [-0.1, -0.05) is 25.1 Å². The molecule has 3 heterocycles. The van der Waals surface area contributed by atoms with Gasteiger partial charge in [0.25, 0.3) is 5.91 Å². The Morgan fingerprint density at radius 1 is 1.21 bits per heavy atom. The molecule has 2 atom stereocenters. The summed E-state index contributed by atoms with van der Waals surface area (Å²) in [5, 5.41) is 14.2. The third-order valence-electron chi connectivity index (χ3n) is 6.12. The van der Waals surface area contributed by atoms with Crippen LogP contribution >= 0.6 is 0 Å². The Balaban J connectivity index is 1.46. The van der Waals surface area contributed by atoms with Crippen LogP contribution in [0.2, 0.25) is 0 Å². The van der Waals surface area contributed by atoms with Gasteiger partial charge < -0.3 is 15.5 Å². The normalized spacial score (nSPS) is 18.8. The first kappa shape index (κ1) is 23.4. The first-order valence-corrected chi connectivity index (χ1v) is 11.5. The molecular weight excluding hydrogens is 430 g/mol. The second-order valence-corrected chi connectivity index (χ2v) is 8.67. The molecule has 34 heavy (non-hydrogen) atoms. The number of carbonyl (C=O) groups excluding carboxylic acids is 2. The number of hydrogen-bond donors (Lipinski definition) is 4. The van der Waals surface area contributed by atoms with Crippen molar-refractivity contribution in [1.29, 1.82) is 0 Å². The maximum absolute atomic E-state index is 12.4. The predicted molar refractivity (Wildman–Crippen MR) is 134 cm³/mol. The van der Waals surface area contributed by atoms with E-state index in [2.05, 4.69) is 37.5 Å². The lowest BCUT2D eigenvalue weighted by Crippen LogP contribution is -2.44. The maximum Gasteiger partial charge on any atom is 0.253 e. The maximum atomic E-state index is 12.4. The van der Waals surface area contributed by atoms with Gasteiger partial charge in [-0.05, 0) is 36.2 Å². The molecule has 9 nitrogen and oxygen atoms in total. The molecule has 9 heteroatoms. The molecule has 0 radical (unpaired) electrons. The highest BCUT2D eigenvalue weighted by molar-refractivity contribution is 6.05. The smallest absolute Gasteiger partial charge is 0.253 e. The molecule has 0 aliphatic carbocycles. The number of fused-ring (bicyclic) bond motifs is 1. The van der Waals surface area contributed by atoms with Crippen molar-refractivity contribution < 1.29 is 9.59 Å². The van der Waals surface area contributed by atoms with E-state index >= 15 is 0 Å². The van der Waals surface area contributed by atoms with Gasteiger partial charge in [-0.3, -0.25) is 20.3 Å². The fourth-order valence-electron chi connectivity index (χ4n) is 4.08. The summed E-state index contributed by atoms with van der Waals surface area (Å²) in [4.78, 5) is 30.0. The molecule has 2 unspecified atom stereocenters. The van der Waals surface area contributed by atoms with Crippen molar-refractivity contribution in [3.8, 4) is 0 Å². The molecule has 0 bridgehead atoms. The monoisotopic (exact) mass is 461 g/mol. The average Bonchev–Trinajstić information content (AvgIpc) is 3.25. The minimum atomic E-state index is -0.0539. The molecular formula is C25H31N7O2. The third kappa shape index (κ3) is 4.94. The third-order valence-corrected chi connectivity index (χ3v) is 6.12. The molecule has 4 rings (SSSR count). The summed E-state index contributed by atoms with van der Waals surface area (Å²) >= 11 is 0. The van der Waals surface area contributed by atoms with Gasteiger partial charge in [0.15, 0.2) is 0 Å². The molecule has 2 aliphatic rings. The number of amides is 2. The highest BCUT2D eigenvalue weighted by atomic mass is 16.2. The van der Waals surface area contributed by atoms with Gasteiger partial charge >= 0.3 is 0 Å². The number of anilines is 2. The topological polar surface area (TPSA) is 111 Å². The van der Waals surface area contributed by atoms with Crippen LogP contribution in [0.15, 0.2) is 53.3 Å². The number of nitrogens with one attached hydrogen (secondary N) is 4. The first-order valence-electron chi connectivity index (χ1n) is 11.5. The van der Waals surface area contributed by atoms with E-state index in [0.29, 0.717) is 24.3 Å². The number of aromatic nitrogens is 1. The summed E-state index contributed by atoms with van der Waals surface area (Å²) in [6.07, 6.45) is 4.43. The summed E-state index contributed by atoms with van der Waals surface area (Å²) in [6, 6.07) is 9.54. The zero-order chi connectivity index (χ0) is 24.2. The van der Waals surface area contributed by atoms with E-state index in [1.807, 2.05) is 50.4 Å². The average molecular weight is 462 g/mol. The molecule has 4 N–H and O–H groups in total. The molecule has 2 amide bonds.